The Morgan fingerprint density at radius 1 is 1.24 bits per heavy atom. The molecule has 3 rings (SSSR count). The average Bonchev–Trinajstić information content (AvgIpc) is 3.04. The fourth-order valence-corrected chi connectivity index (χ4v) is 2.64. The van der Waals surface area contributed by atoms with Gasteiger partial charge in [-0.3, -0.25) is 4.79 Å². The molecule has 0 radical (unpaired) electrons. The van der Waals surface area contributed by atoms with Crippen molar-refractivity contribution >= 4 is 23.2 Å². The van der Waals surface area contributed by atoms with E-state index in [9.17, 15) is 18.0 Å². The lowest BCUT2D eigenvalue weighted by Gasteiger charge is -2.10. The normalized spacial score (nSPS) is 10.8. The number of nitrogens with one attached hydrogen (secondary N) is 1. The molecule has 0 spiro atoms. The minimum atomic E-state index is -3.02. The van der Waals surface area contributed by atoms with E-state index in [-0.39, 0.29) is 34.5 Å². The Morgan fingerprint density at radius 3 is 2.69 bits per heavy atom. The van der Waals surface area contributed by atoms with Crippen molar-refractivity contribution in [3.05, 3.63) is 70.3 Å². The van der Waals surface area contributed by atoms with E-state index in [1.165, 1.54) is 36.4 Å². The second kappa shape index (κ2) is 8.87. The zero-order valence-electron chi connectivity index (χ0n) is 14.9. The van der Waals surface area contributed by atoms with Crippen LogP contribution >= 0.6 is 11.6 Å². The average molecular weight is 427 g/mol. The molecule has 0 aliphatic heterocycles. The number of aromatic nitrogens is 1. The summed E-state index contributed by atoms with van der Waals surface area (Å²) in [5.74, 6) is -1.08. The number of benzene rings is 2. The molecule has 10 heteroatoms. The van der Waals surface area contributed by atoms with Gasteiger partial charge in [-0.05, 0) is 37.3 Å². The minimum absolute atomic E-state index is 0.0147. The van der Waals surface area contributed by atoms with Gasteiger partial charge in [-0.2, -0.15) is 8.78 Å². The van der Waals surface area contributed by atoms with Crippen LogP contribution in [0.4, 0.5) is 18.9 Å². The van der Waals surface area contributed by atoms with Crippen LogP contribution in [0.25, 0.3) is 0 Å². The fourth-order valence-electron chi connectivity index (χ4n) is 2.41. The summed E-state index contributed by atoms with van der Waals surface area (Å²) in [7, 11) is 0. The number of hydrogen-bond donors (Lipinski definition) is 1. The van der Waals surface area contributed by atoms with E-state index in [1.54, 1.807) is 13.0 Å². The Morgan fingerprint density at radius 2 is 2.00 bits per heavy atom. The molecule has 0 unspecified atom stereocenters. The smallest absolute Gasteiger partial charge is 0.387 e. The Labute approximate surface area is 168 Å². The molecule has 0 aliphatic carbocycles. The van der Waals surface area contributed by atoms with E-state index in [0.717, 1.165) is 0 Å². The monoisotopic (exact) mass is 426 g/mol. The summed E-state index contributed by atoms with van der Waals surface area (Å²) < 4.78 is 53.0. The van der Waals surface area contributed by atoms with Gasteiger partial charge < -0.3 is 19.3 Å². The first-order chi connectivity index (χ1) is 13.8. The molecule has 1 heterocycles. The van der Waals surface area contributed by atoms with Crippen molar-refractivity contribution in [3.8, 4) is 11.5 Å². The number of halogens is 4. The van der Waals surface area contributed by atoms with Crippen molar-refractivity contribution in [2.24, 2.45) is 0 Å². The van der Waals surface area contributed by atoms with Crippen molar-refractivity contribution in [2.45, 2.75) is 20.1 Å². The first kappa shape index (κ1) is 20.5. The first-order valence-electron chi connectivity index (χ1n) is 8.23. The molecule has 1 aromatic heterocycles. The van der Waals surface area contributed by atoms with Crippen LogP contribution in [0.2, 0.25) is 5.02 Å². The molecule has 152 valence electrons. The Kier molecular flexibility index (Phi) is 6.28. The highest BCUT2D eigenvalue weighted by Crippen LogP contribution is 2.29. The summed E-state index contributed by atoms with van der Waals surface area (Å²) in [4.78, 5) is 12.5. The minimum Gasteiger partial charge on any atom is -0.486 e. The van der Waals surface area contributed by atoms with Crippen LogP contribution in [0.1, 0.15) is 21.8 Å². The highest BCUT2D eigenvalue weighted by molar-refractivity contribution is 6.32. The topological polar surface area (TPSA) is 73.6 Å². The van der Waals surface area contributed by atoms with E-state index < -0.39 is 18.3 Å². The van der Waals surface area contributed by atoms with Crippen LogP contribution in [0, 0.1) is 12.7 Å². The second-order valence-electron chi connectivity index (χ2n) is 5.76. The van der Waals surface area contributed by atoms with Crippen LogP contribution in [-0.2, 0) is 6.61 Å². The molecule has 0 atom stereocenters. The lowest BCUT2D eigenvalue weighted by atomic mass is 10.2. The van der Waals surface area contributed by atoms with Gasteiger partial charge in [0.15, 0.2) is 17.3 Å². The largest absolute Gasteiger partial charge is 0.486 e. The van der Waals surface area contributed by atoms with E-state index in [0.29, 0.717) is 11.3 Å². The van der Waals surface area contributed by atoms with Gasteiger partial charge in [0.25, 0.3) is 5.91 Å². The highest BCUT2D eigenvalue weighted by Gasteiger charge is 2.21. The maximum atomic E-state index is 13.7. The van der Waals surface area contributed by atoms with Gasteiger partial charge >= 0.3 is 6.61 Å². The first-order valence-corrected chi connectivity index (χ1v) is 8.61. The summed E-state index contributed by atoms with van der Waals surface area (Å²) in [6.45, 7) is -1.60. The molecule has 0 aliphatic rings. The van der Waals surface area contributed by atoms with Gasteiger partial charge in [-0.25, -0.2) is 4.39 Å². The predicted molar refractivity (Wildman–Crippen MR) is 98.0 cm³/mol. The third-order valence-electron chi connectivity index (χ3n) is 3.81. The van der Waals surface area contributed by atoms with E-state index in [2.05, 4.69) is 15.2 Å². The van der Waals surface area contributed by atoms with Gasteiger partial charge in [0.05, 0.1) is 10.6 Å². The summed E-state index contributed by atoms with van der Waals surface area (Å²) in [5, 5.41) is 6.12. The van der Waals surface area contributed by atoms with Crippen LogP contribution in [-0.4, -0.2) is 17.7 Å². The van der Waals surface area contributed by atoms with Crippen molar-refractivity contribution in [3.63, 3.8) is 0 Å². The molecular formula is C19H14ClF3N2O4. The van der Waals surface area contributed by atoms with Gasteiger partial charge in [0.2, 0.25) is 0 Å². The molecule has 0 bridgehead atoms. The highest BCUT2D eigenvalue weighted by atomic mass is 35.5. The van der Waals surface area contributed by atoms with Gasteiger partial charge in [-0.15, -0.1) is 0 Å². The third-order valence-corrected chi connectivity index (χ3v) is 4.11. The lowest BCUT2D eigenvalue weighted by molar-refractivity contribution is -0.0497. The number of amides is 1. The van der Waals surface area contributed by atoms with Crippen molar-refractivity contribution < 1.29 is 32.0 Å². The predicted octanol–water partition coefficient (Wildman–Crippen LogP) is 5.21. The van der Waals surface area contributed by atoms with Gasteiger partial charge in [0.1, 0.15) is 18.1 Å². The fraction of sp³-hybridized carbons (Fsp3) is 0.158. The third kappa shape index (κ3) is 5.00. The van der Waals surface area contributed by atoms with Crippen LogP contribution < -0.4 is 14.8 Å². The van der Waals surface area contributed by atoms with Crippen molar-refractivity contribution in [1.82, 2.24) is 5.16 Å². The molecule has 1 amide bonds. The molecule has 0 fully saturated rings. The van der Waals surface area contributed by atoms with Crippen LogP contribution in [0.15, 0.2) is 47.0 Å². The molecule has 6 nitrogen and oxygen atoms in total. The van der Waals surface area contributed by atoms with Crippen molar-refractivity contribution in [2.75, 3.05) is 5.32 Å². The van der Waals surface area contributed by atoms with Gasteiger partial charge in [0, 0.05) is 5.69 Å². The Balaban J connectivity index is 1.73. The number of anilines is 1. The summed E-state index contributed by atoms with van der Waals surface area (Å²) in [5.41, 5.74) is 0.487. The lowest BCUT2D eigenvalue weighted by Crippen LogP contribution is -2.15. The van der Waals surface area contributed by atoms with Crippen molar-refractivity contribution in [1.29, 1.82) is 0 Å². The van der Waals surface area contributed by atoms with Crippen LogP contribution in [0.5, 0.6) is 11.5 Å². The molecular weight excluding hydrogens is 413 g/mol. The number of alkyl halides is 2. The van der Waals surface area contributed by atoms with E-state index >= 15 is 0 Å². The quantitative estimate of drug-likeness (QED) is 0.561. The number of carbonyl (C=O) groups excluding carboxylic acids is 1. The van der Waals surface area contributed by atoms with Gasteiger partial charge in [-0.1, -0.05) is 28.9 Å². The number of aryl methyl sites for hydroxylation is 1. The number of carbonyl (C=O) groups is 1. The number of nitrogens with zero attached hydrogens (tertiary/aromatic N) is 1. The second-order valence-corrected chi connectivity index (χ2v) is 6.17. The molecule has 0 saturated carbocycles. The zero-order valence-corrected chi connectivity index (χ0v) is 15.7. The molecule has 2 aromatic carbocycles. The number of ether oxygens (including phenoxy) is 2. The maximum absolute atomic E-state index is 13.7. The summed E-state index contributed by atoms with van der Waals surface area (Å²) >= 11 is 5.87. The standard InChI is InChI=1S/C19H14ClF3N2O4/c1-10-12(9-27-16-5-3-2-4-14(16)21)17(25-29-10)18(26)24-11-6-7-15(13(20)8-11)28-19(22)23/h2-8,19H,9H2,1H3,(H,24,26). The maximum Gasteiger partial charge on any atom is 0.387 e. The molecule has 0 saturated heterocycles. The number of para-hydroxylation sites is 1. The number of rotatable bonds is 7. The molecule has 1 N–H and O–H groups in total. The Hall–Kier alpha value is -3.20. The summed E-state index contributed by atoms with van der Waals surface area (Å²) in [6, 6.07) is 9.60. The van der Waals surface area contributed by atoms with Crippen LogP contribution in [0.3, 0.4) is 0 Å². The molecule has 29 heavy (non-hydrogen) atoms. The molecule has 3 aromatic rings. The zero-order chi connectivity index (χ0) is 21.0. The van der Waals surface area contributed by atoms with E-state index in [4.69, 9.17) is 20.9 Å². The number of hydrogen-bond acceptors (Lipinski definition) is 5. The Bertz CT molecular complexity index is 1030. The van der Waals surface area contributed by atoms with E-state index in [1.807, 2.05) is 0 Å². The SMILES string of the molecule is Cc1onc(C(=O)Nc2ccc(OC(F)F)c(Cl)c2)c1COc1ccccc1F. The summed E-state index contributed by atoms with van der Waals surface area (Å²) in [6.07, 6.45) is 0.